The second-order valence-electron chi connectivity index (χ2n) is 7.31. The lowest BCUT2D eigenvalue weighted by Crippen LogP contribution is -2.53. The molecule has 18 heavy (non-hydrogen) atoms. The maximum atomic E-state index is 3.55. The van der Waals surface area contributed by atoms with Crippen molar-refractivity contribution in [2.45, 2.75) is 83.3 Å². The molecule has 2 atom stereocenters. The Morgan fingerprint density at radius 2 is 1.61 bits per heavy atom. The van der Waals surface area contributed by atoms with Gasteiger partial charge in [-0.2, -0.15) is 0 Å². The molecular weight excluding hydrogens is 220 g/mol. The Labute approximate surface area is 114 Å². The van der Waals surface area contributed by atoms with Crippen LogP contribution in [0.25, 0.3) is 0 Å². The summed E-state index contributed by atoms with van der Waals surface area (Å²) in [5.41, 5.74) is 0.590. The fourth-order valence-corrected chi connectivity index (χ4v) is 4.00. The summed E-state index contributed by atoms with van der Waals surface area (Å²) in [6.07, 6.45) is 11.2. The van der Waals surface area contributed by atoms with Crippen molar-refractivity contribution in [1.82, 2.24) is 10.2 Å². The summed E-state index contributed by atoms with van der Waals surface area (Å²) in [5.74, 6) is 0. The van der Waals surface area contributed by atoms with Gasteiger partial charge in [-0.1, -0.05) is 26.7 Å². The van der Waals surface area contributed by atoms with E-state index >= 15 is 0 Å². The van der Waals surface area contributed by atoms with Crippen molar-refractivity contribution in [3.63, 3.8) is 0 Å². The van der Waals surface area contributed by atoms with Gasteiger partial charge in [0.25, 0.3) is 0 Å². The normalized spacial score (nSPS) is 33.8. The second-order valence-corrected chi connectivity index (χ2v) is 7.31. The lowest BCUT2D eigenvalue weighted by atomic mass is 9.74. The quantitative estimate of drug-likeness (QED) is 0.828. The smallest absolute Gasteiger partial charge is 0.0249 e. The second kappa shape index (κ2) is 5.92. The summed E-state index contributed by atoms with van der Waals surface area (Å²) in [6, 6.07) is 2.32. The zero-order valence-corrected chi connectivity index (χ0v) is 12.8. The number of hydrogen-bond acceptors (Lipinski definition) is 2. The van der Waals surface area contributed by atoms with Gasteiger partial charge >= 0.3 is 0 Å². The average Bonchev–Trinajstić information content (AvgIpc) is 2.38. The highest BCUT2D eigenvalue weighted by Gasteiger charge is 2.34. The van der Waals surface area contributed by atoms with Crippen LogP contribution in [0, 0.1) is 5.41 Å². The topological polar surface area (TPSA) is 15.3 Å². The van der Waals surface area contributed by atoms with Crippen LogP contribution in [0.2, 0.25) is 0 Å². The van der Waals surface area contributed by atoms with Gasteiger partial charge in [-0.05, 0) is 58.0 Å². The molecule has 2 fully saturated rings. The van der Waals surface area contributed by atoms with Crippen molar-refractivity contribution >= 4 is 0 Å². The third-order valence-corrected chi connectivity index (χ3v) is 5.51. The molecule has 1 N–H and O–H groups in total. The molecule has 106 valence electrons. The largest absolute Gasteiger partial charge is 0.315 e. The number of hydrogen-bond donors (Lipinski definition) is 1. The molecule has 2 heteroatoms. The minimum Gasteiger partial charge on any atom is -0.315 e. The predicted molar refractivity (Wildman–Crippen MR) is 78.9 cm³/mol. The number of nitrogens with one attached hydrogen (secondary N) is 1. The van der Waals surface area contributed by atoms with Gasteiger partial charge in [0.15, 0.2) is 0 Å². The molecule has 0 saturated heterocycles. The van der Waals surface area contributed by atoms with Gasteiger partial charge in [0.2, 0.25) is 0 Å². The van der Waals surface area contributed by atoms with Crippen LogP contribution < -0.4 is 5.32 Å². The molecule has 0 spiro atoms. The molecule has 0 aromatic heterocycles. The third kappa shape index (κ3) is 3.27. The molecule has 0 aromatic rings. The van der Waals surface area contributed by atoms with Gasteiger partial charge in [0.1, 0.15) is 0 Å². The summed E-state index contributed by atoms with van der Waals surface area (Å²) in [7, 11) is 4.52. The van der Waals surface area contributed by atoms with E-state index in [1.54, 1.807) is 0 Å². The Kier molecular flexibility index (Phi) is 4.71. The van der Waals surface area contributed by atoms with Crippen molar-refractivity contribution in [3.05, 3.63) is 0 Å². The van der Waals surface area contributed by atoms with Crippen molar-refractivity contribution < 1.29 is 0 Å². The van der Waals surface area contributed by atoms with Crippen LogP contribution in [0.4, 0.5) is 0 Å². The zero-order valence-electron chi connectivity index (χ0n) is 12.8. The highest BCUT2D eigenvalue weighted by atomic mass is 15.2. The maximum Gasteiger partial charge on any atom is 0.0249 e. The minimum absolute atomic E-state index is 0.590. The van der Waals surface area contributed by atoms with Crippen LogP contribution in [-0.4, -0.2) is 37.1 Å². The van der Waals surface area contributed by atoms with Gasteiger partial charge in [-0.15, -0.1) is 0 Å². The van der Waals surface area contributed by atoms with E-state index in [-0.39, 0.29) is 0 Å². The molecule has 2 aliphatic rings. The molecule has 0 aliphatic heterocycles. The van der Waals surface area contributed by atoms with E-state index in [9.17, 15) is 0 Å². The van der Waals surface area contributed by atoms with E-state index in [4.69, 9.17) is 0 Å². The zero-order chi connectivity index (χ0) is 13.2. The van der Waals surface area contributed by atoms with Crippen molar-refractivity contribution in [2.75, 3.05) is 14.1 Å². The molecule has 2 nitrogen and oxygen atoms in total. The Morgan fingerprint density at radius 1 is 1.00 bits per heavy atom. The van der Waals surface area contributed by atoms with Crippen molar-refractivity contribution in [1.29, 1.82) is 0 Å². The molecule has 0 radical (unpaired) electrons. The molecule has 2 saturated carbocycles. The monoisotopic (exact) mass is 252 g/mol. The predicted octanol–water partition coefficient (Wildman–Crippen LogP) is 3.42. The van der Waals surface area contributed by atoms with Crippen molar-refractivity contribution in [3.8, 4) is 0 Å². The highest BCUT2D eigenvalue weighted by Crippen LogP contribution is 2.38. The van der Waals surface area contributed by atoms with Crippen LogP contribution in [0.15, 0.2) is 0 Å². The fraction of sp³-hybridized carbons (Fsp3) is 1.00. The van der Waals surface area contributed by atoms with Crippen LogP contribution >= 0.6 is 0 Å². The summed E-state index contributed by atoms with van der Waals surface area (Å²) >= 11 is 0. The molecule has 0 heterocycles. The lowest BCUT2D eigenvalue weighted by Gasteiger charge is -2.45. The van der Waals surface area contributed by atoms with E-state index in [1.165, 1.54) is 51.4 Å². The van der Waals surface area contributed by atoms with Crippen LogP contribution in [0.3, 0.4) is 0 Å². The molecular formula is C16H32N2. The standard InChI is InChI=1S/C16H32N2/c1-16(2)11-9-13(10-12-16)18(4)15-8-6-5-7-14(15)17-3/h13-15,17H,5-12H2,1-4H3. The Morgan fingerprint density at radius 3 is 2.22 bits per heavy atom. The van der Waals surface area contributed by atoms with E-state index in [0.29, 0.717) is 5.41 Å². The minimum atomic E-state index is 0.590. The van der Waals surface area contributed by atoms with Gasteiger partial charge in [0, 0.05) is 18.1 Å². The van der Waals surface area contributed by atoms with Gasteiger partial charge < -0.3 is 5.32 Å². The van der Waals surface area contributed by atoms with Crippen LogP contribution in [0.5, 0.6) is 0 Å². The third-order valence-electron chi connectivity index (χ3n) is 5.51. The molecule has 2 rings (SSSR count). The molecule has 2 unspecified atom stereocenters. The molecule has 0 aromatic carbocycles. The van der Waals surface area contributed by atoms with E-state index < -0.39 is 0 Å². The number of nitrogens with zero attached hydrogens (tertiary/aromatic N) is 1. The van der Waals surface area contributed by atoms with E-state index in [1.807, 2.05) is 0 Å². The van der Waals surface area contributed by atoms with E-state index in [2.05, 4.69) is 38.2 Å². The maximum absolute atomic E-state index is 3.55. The first kappa shape index (κ1) is 14.3. The molecule has 2 aliphatic carbocycles. The lowest BCUT2D eigenvalue weighted by molar-refractivity contribution is 0.0628. The van der Waals surface area contributed by atoms with Gasteiger partial charge in [0.05, 0.1) is 0 Å². The van der Waals surface area contributed by atoms with Gasteiger partial charge in [-0.25, -0.2) is 0 Å². The molecule has 0 bridgehead atoms. The van der Waals surface area contributed by atoms with Crippen molar-refractivity contribution in [2.24, 2.45) is 5.41 Å². The Hall–Kier alpha value is -0.0800. The highest BCUT2D eigenvalue weighted by molar-refractivity contribution is 4.91. The summed E-state index contributed by atoms with van der Waals surface area (Å²) in [6.45, 7) is 4.86. The Balaban J connectivity index is 1.92. The first-order chi connectivity index (χ1) is 8.53. The summed E-state index contributed by atoms with van der Waals surface area (Å²) < 4.78 is 0. The number of rotatable bonds is 3. The summed E-state index contributed by atoms with van der Waals surface area (Å²) in [5, 5.41) is 3.55. The number of likely N-dealkylation sites (N-methyl/N-ethyl adjacent to an activating group) is 2. The molecule has 0 amide bonds. The fourth-order valence-electron chi connectivity index (χ4n) is 4.00. The SMILES string of the molecule is CNC1CCCCC1N(C)C1CCC(C)(C)CC1. The first-order valence-electron chi connectivity index (χ1n) is 7.93. The van der Waals surface area contributed by atoms with Crippen LogP contribution in [-0.2, 0) is 0 Å². The summed E-state index contributed by atoms with van der Waals surface area (Å²) in [4.78, 5) is 2.72. The van der Waals surface area contributed by atoms with Crippen LogP contribution in [0.1, 0.15) is 65.2 Å². The first-order valence-corrected chi connectivity index (χ1v) is 7.93. The van der Waals surface area contributed by atoms with E-state index in [0.717, 1.165) is 18.1 Å². The Bertz CT molecular complexity index is 252. The van der Waals surface area contributed by atoms with Gasteiger partial charge in [-0.3, -0.25) is 4.90 Å². The average molecular weight is 252 g/mol.